The molecule has 23 heavy (non-hydrogen) atoms. The molecule has 1 N–H and O–H groups in total. The van der Waals surface area contributed by atoms with Gasteiger partial charge in [0.15, 0.2) is 0 Å². The number of nitrogens with one attached hydrogen (secondary N) is 1. The summed E-state index contributed by atoms with van der Waals surface area (Å²) < 4.78 is 0. The van der Waals surface area contributed by atoms with Gasteiger partial charge in [-0.3, -0.25) is 9.59 Å². The van der Waals surface area contributed by atoms with Crippen LogP contribution in [0.2, 0.25) is 0 Å². The van der Waals surface area contributed by atoms with Crippen molar-refractivity contribution in [1.82, 2.24) is 4.90 Å². The molecule has 0 unspecified atom stereocenters. The van der Waals surface area contributed by atoms with Crippen molar-refractivity contribution in [3.8, 4) is 0 Å². The van der Waals surface area contributed by atoms with Crippen molar-refractivity contribution in [2.75, 3.05) is 18.4 Å². The van der Waals surface area contributed by atoms with E-state index in [2.05, 4.69) is 31.3 Å². The van der Waals surface area contributed by atoms with Gasteiger partial charge >= 0.3 is 0 Å². The molecule has 0 aliphatic carbocycles. The smallest absolute Gasteiger partial charge is 0.227 e. The van der Waals surface area contributed by atoms with E-state index in [0.717, 1.165) is 18.5 Å². The summed E-state index contributed by atoms with van der Waals surface area (Å²) in [7, 11) is 0. The van der Waals surface area contributed by atoms with Crippen LogP contribution in [0.5, 0.6) is 0 Å². The molecule has 0 saturated carbocycles. The first-order chi connectivity index (χ1) is 10.9. The molecule has 0 radical (unpaired) electrons. The second-order valence-corrected chi connectivity index (χ2v) is 7.02. The minimum Gasteiger partial charge on any atom is -0.342 e. The summed E-state index contributed by atoms with van der Waals surface area (Å²) in [6, 6.07) is 8.05. The summed E-state index contributed by atoms with van der Waals surface area (Å²) in [5.41, 5.74) is 2.11. The molecule has 1 saturated heterocycles. The van der Waals surface area contributed by atoms with E-state index in [1.165, 1.54) is 5.56 Å². The minimum atomic E-state index is -0.00372. The van der Waals surface area contributed by atoms with Crippen molar-refractivity contribution in [2.24, 2.45) is 11.8 Å². The molecule has 2 amide bonds. The van der Waals surface area contributed by atoms with E-state index in [-0.39, 0.29) is 23.7 Å². The predicted octanol–water partition coefficient (Wildman–Crippen LogP) is 3.64. The maximum Gasteiger partial charge on any atom is 0.227 e. The Kier molecular flexibility index (Phi) is 5.80. The number of carbonyl (C=O) groups is 2. The van der Waals surface area contributed by atoms with Crippen LogP contribution in [0.15, 0.2) is 24.3 Å². The van der Waals surface area contributed by atoms with E-state index >= 15 is 0 Å². The Morgan fingerprint density at radius 2 is 1.61 bits per heavy atom. The normalized spacial score (nSPS) is 16.0. The van der Waals surface area contributed by atoms with Crippen LogP contribution in [-0.2, 0) is 9.59 Å². The average Bonchev–Trinajstić information content (AvgIpc) is 2.54. The molecule has 1 fully saturated rings. The van der Waals surface area contributed by atoms with Crippen molar-refractivity contribution in [2.45, 2.75) is 46.5 Å². The van der Waals surface area contributed by atoms with E-state index < -0.39 is 0 Å². The number of rotatable bonds is 4. The van der Waals surface area contributed by atoms with Gasteiger partial charge in [0, 0.05) is 30.6 Å². The van der Waals surface area contributed by atoms with Crippen molar-refractivity contribution in [1.29, 1.82) is 0 Å². The molecule has 1 aromatic rings. The molecule has 4 heteroatoms. The molecule has 0 aromatic heterocycles. The number of anilines is 1. The summed E-state index contributed by atoms with van der Waals surface area (Å²) in [6.07, 6.45) is 1.49. The first-order valence-corrected chi connectivity index (χ1v) is 8.58. The Labute approximate surface area is 139 Å². The third kappa shape index (κ3) is 4.57. The molecule has 126 valence electrons. The number of hydrogen-bond acceptors (Lipinski definition) is 2. The Balaban J connectivity index is 1.86. The highest BCUT2D eigenvalue weighted by Gasteiger charge is 2.28. The quantitative estimate of drug-likeness (QED) is 0.922. The highest BCUT2D eigenvalue weighted by atomic mass is 16.2. The third-order valence-electron chi connectivity index (χ3n) is 4.52. The Hall–Kier alpha value is -1.84. The number of carbonyl (C=O) groups excluding carboxylic acids is 2. The Morgan fingerprint density at radius 1 is 1.04 bits per heavy atom. The lowest BCUT2D eigenvalue weighted by Crippen LogP contribution is -2.43. The maximum atomic E-state index is 12.4. The molecule has 2 rings (SSSR count). The molecule has 0 bridgehead atoms. The number of amides is 2. The second kappa shape index (κ2) is 7.62. The highest BCUT2D eigenvalue weighted by Crippen LogP contribution is 2.22. The summed E-state index contributed by atoms with van der Waals surface area (Å²) in [6.45, 7) is 9.51. The third-order valence-corrected chi connectivity index (χ3v) is 4.52. The molecule has 1 aromatic carbocycles. The molecular formula is C19H28N2O2. The van der Waals surface area contributed by atoms with Crippen LogP contribution >= 0.6 is 0 Å². The van der Waals surface area contributed by atoms with Crippen LogP contribution in [-0.4, -0.2) is 29.8 Å². The van der Waals surface area contributed by atoms with Crippen molar-refractivity contribution in [3.63, 3.8) is 0 Å². The summed E-state index contributed by atoms with van der Waals surface area (Å²) in [5.74, 6) is 0.769. The van der Waals surface area contributed by atoms with Gasteiger partial charge in [-0.05, 0) is 36.5 Å². The van der Waals surface area contributed by atoms with Gasteiger partial charge in [0.2, 0.25) is 11.8 Å². The topological polar surface area (TPSA) is 49.4 Å². The molecule has 1 aliphatic rings. The van der Waals surface area contributed by atoms with Crippen molar-refractivity contribution < 1.29 is 9.59 Å². The summed E-state index contributed by atoms with van der Waals surface area (Å²) in [5, 5.41) is 3.00. The minimum absolute atomic E-state index is 0.00372. The lowest BCUT2D eigenvalue weighted by atomic mass is 9.95. The maximum absolute atomic E-state index is 12.4. The summed E-state index contributed by atoms with van der Waals surface area (Å²) in [4.78, 5) is 26.2. The van der Waals surface area contributed by atoms with Gasteiger partial charge in [-0.15, -0.1) is 0 Å². The molecule has 1 aliphatic heterocycles. The fourth-order valence-corrected chi connectivity index (χ4v) is 2.92. The van der Waals surface area contributed by atoms with Gasteiger partial charge in [-0.1, -0.05) is 39.8 Å². The number of piperidine rings is 1. The van der Waals surface area contributed by atoms with Crippen LogP contribution < -0.4 is 5.32 Å². The van der Waals surface area contributed by atoms with E-state index in [9.17, 15) is 9.59 Å². The first-order valence-electron chi connectivity index (χ1n) is 8.58. The zero-order chi connectivity index (χ0) is 17.0. The molecule has 1 heterocycles. The van der Waals surface area contributed by atoms with E-state index in [1.807, 2.05) is 30.9 Å². The molecule has 0 spiro atoms. The van der Waals surface area contributed by atoms with Crippen molar-refractivity contribution in [3.05, 3.63) is 29.8 Å². The second-order valence-electron chi connectivity index (χ2n) is 7.02. The van der Waals surface area contributed by atoms with Crippen LogP contribution in [0.3, 0.4) is 0 Å². The number of hydrogen-bond donors (Lipinski definition) is 1. The van der Waals surface area contributed by atoms with Crippen LogP contribution in [0.4, 0.5) is 5.69 Å². The number of likely N-dealkylation sites (tertiary alicyclic amines) is 1. The van der Waals surface area contributed by atoms with Crippen LogP contribution in [0.1, 0.15) is 52.0 Å². The Morgan fingerprint density at radius 3 is 2.09 bits per heavy atom. The van der Waals surface area contributed by atoms with Crippen LogP contribution in [0.25, 0.3) is 0 Å². The highest BCUT2D eigenvalue weighted by molar-refractivity contribution is 5.92. The lowest BCUT2D eigenvalue weighted by molar-refractivity contribution is -0.137. The zero-order valence-corrected chi connectivity index (χ0v) is 14.6. The van der Waals surface area contributed by atoms with E-state index in [0.29, 0.717) is 19.0 Å². The standard InChI is InChI=1S/C19H28N2O2/c1-13(2)15-5-7-17(8-6-15)20-18(22)16-9-11-21(12-10-16)19(23)14(3)4/h5-8,13-14,16H,9-12H2,1-4H3,(H,20,22). The number of nitrogens with zero attached hydrogens (tertiary/aromatic N) is 1. The van der Waals surface area contributed by atoms with Gasteiger partial charge in [0.05, 0.1) is 0 Å². The molecular weight excluding hydrogens is 288 g/mol. The zero-order valence-electron chi connectivity index (χ0n) is 14.6. The SMILES string of the molecule is CC(C)C(=O)N1CCC(C(=O)Nc2ccc(C(C)C)cc2)CC1. The Bertz CT molecular complexity index is 541. The molecule has 4 nitrogen and oxygen atoms in total. The van der Waals surface area contributed by atoms with Gasteiger partial charge in [-0.25, -0.2) is 0 Å². The fourth-order valence-electron chi connectivity index (χ4n) is 2.92. The lowest BCUT2D eigenvalue weighted by Gasteiger charge is -2.32. The van der Waals surface area contributed by atoms with Gasteiger partial charge < -0.3 is 10.2 Å². The van der Waals surface area contributed by atoms with Gasteiger partial charge in [0.1, 0.15) is 0 Å². The fraction of sp³-hybridized carbons (Fsp3) is 0.579. The molecule has 0 atom stereocenters. The number of benzene rings is 1. The monoisotopic (exact) mass is 316 g/mol. The van der Waals surface area contributed by atoms with Crippen molar-refractivity contribution >= 4 is 17.5 Å². The predicted molar refractivity (Wildman–Crippen MR) is 93.3 cm³/mol. The largest absolute Gasteiger partial charge is 0.342 e. The summed E-state index contributed by atoms with van der Waals surface area (Å²) >= 11 is 0. The van der Waals surface area contributed by atoms with E-state index in [1.54, 1.807) is 0 Å². The van der Waals surface area contributed by atoms with Crippen LogP contribution in [0, 0.1) is 11.8 Å². The average molecular weight is 316 g/mol. The van der Waals surface area contributed by atoms with Gasteiger partial charge in [0.25, 0.3) is 0 Å². The van der Waals surface area contributed by atoms with E-state index in [4.69, 9.17) is 0 Å². The van der Waals surface area contributed by atoms with Gasteiger partial charge in [-0.2, -0.15) is 0 Å². The first kappa shape index (κ1) is 17.5.